The van der Waals surface area contributed by atoms with Crippen LogP contribution in [0.25, 0.3) is 0 Å². The van der Waals surface area contributed by atoms with Crippen molar-refractivity contribution in [2.24, 2.45) is 0 Å². The molecule has 2 aliphatic rings. The van der Waals surface area contributed by atoms with Crippen LogP contribution in [-0.4, -0.2) is 45.0 Å². The van der Waals surface area contributed by atoms with Gasteiger partial charge in [0.05, 0.1) is 30.8 Å². The number of aliphatic hydroxyl groups excluding tert-OH is 1. The van der Waals surface area contributed by atoms with Gasteiger partial charge < -0.3 is 29.5 Å². The molecule has 0 unspecified atom stereocenters. The van der Waals surface area contributed by atoms with Gasteiger partial charge in [0.15, 0.2) is 11.9 Å². The van der Waals surface area contributed by atoms with E-state index in [-0.39, 0.29) is 30.5 Å². The predicted octanol–water partition coefficient (Wildman–Crippen LogP) is 2.95. The maximum absolute atomic E-state index is 12.6. The fourth-order valence-electron chi connectivity index (χ4n) is 4.62. The number of hydrogen-bond acceptors (Lipinski definition) is 7. The number of aliphatic hydroxyl groups is 1. The van der Waals surface area contributed by atoms with Crippen LogP contribution in [0.2, 0.25) is 0 Å². The third-order valence-corrected chi connectivity index (χ3v) is 6.25. The molecule has 0 fully saturated rings. The monoisotopic (exact) mass is 426 g/mol. The molecule has 2 aromatic carbocycles. The van der Waals surface area contributed by atoms with Crippen molar-refractivity contribution in [3.8, 4) is 17.2 Å². The summed E-state index contributed by atoms with van der Waals surface area (Å²) >= 11 is 0. The Morgan fingerprint density at radius 2 is 1.84 bits per heavy atom. The molecule has 5 atom stereocenters. The van der Waals surface area contributed by atoms with E-state index in [2.05, 4.69) is 6.58 Å². The Kier molecular flexibility index (Phi) is 5.51. The molecule has 31 heavy (non-hydrogen) atoms. The van der Waals surface area contributed by atoms with Gasteiger partial charge in [-0.05, 0) is 37.6 Å². The van der Waals surface area contributed by atoms with Crippen molar-refractivity contribution in [1.82, 2.24) is 0 Å². The normalized spacial score (nSPS) is 28.4. The number of fused-ring (bicyclic) bond motifs is 4. The van der Waals surface area contributed by atoms with Crippen molar-refractivity contribution < 1.29 is 34.3 Å². The second-order valence-electron chi connectivity index (χ2n) is 8.02. The van der Waals surface area contributed by atoms with Crippen LogP contribution in [0.5, 0.6) is 17.2 Å². The Hall–Kier alpha value is -2.87. The lowest BCUT2D eigenvalue weighted by atomic mass is 9.72. The van der Waals surface area contributed by atoms with Gasteiger partial charge in [0.2, 0.25) is 0 Å². The van der Waals surface area contributed by atoms with Crippen molar-refractivity contribution in [3.05, 3.63) is 65.7 Å². The molecular weight excluding hydrogens is 400 g/mol. The second kappa shape index (κ2) is 8.00. The summed E-state index contributed by atoms with van der Waals surface area (Å²) in [7, 11) is 0. The summed E-state index contributed by atoms with van der Waals surface area (Å²) in [6, 6.07) is 9.87. The minimum atomic E-state index is -1.39. The zero-order chi connectivity index (χ0) is 22.3. The lowest BCUT2D eigenvalue weighted by Gasteiger charge is -2.46. The number of benzene rings is 2. The van der Waals surface area contributed by atoms with Crippen molar-refractivity contribution in [2.45, 2.75) is 56.9 Å². The number of ether oxygens (including phenoxy) is 3. The number of carbonyl (C=O) groups excluding carboxylic acids is 1. The first kappa shape index (κ1) is 21.4. The summed E-state index contributed by atoms with van der Waals surface area (Å²) in [5, 5.41) is 31.8. The van der Waals surface area contributed by atoms with Crippen LogP contribution in [-0.2, 0) is 27.5 Å². The fourth-order valence-corrected chi connectivity index (χ4v) is 4.62. The highest BCUT2D eigenvalue weighted by Crippen LogP contribution is 2.49. The van der Waals surface area contributed by atoms with E-state index in [1.54, 1.807) is 37.3 Å². The van der Waals surface area contributed by atoms with Crippen molar-refractivity contribution >= 4 is 5.78 Å². The van der Waals surface area contributed by atoms with E-state index < -0.39 is 29.8 Å². The Morgan fingerprint density at radius 1 is 1.16 bits per heavy atom. The summed E-state index contributed by atoms with van der Waals surface area (Å²) in [5.41, 5.74) is 0.139. The summed E-state index contributed by atoms with van der Waals surface area (Å²) in [4.78, 5) is 12.6. The molecule has 3 N–H and O–H groups in total. The van der Waals surface area contributed by atoms with Gasteiger partial charge in [0.1, 0.15) is 29.0 Å². The van der Waals surface area contributed by atoms with Gasteiger partial charge in [-0.3, -0.25) is 4.79 Å². The first-order valence-corrected chi connectivity index (χ1v) is 10.2. The maximum atomic E-state index is 12.6. The number of ketones is 1. The molecular formula is C24H26O7. The van der Waals surface area contributed by atoms with E-state index in [1.165, 1.54) is 19.1 Å². The lowest BCUT2D eigenvalue weighted by Crippen LogP contribution is -2.56. The quantitative estimate of drug-likeness (QED) is 0.648. The first-order valence-electron chi connectivity index (χ1n) is 10.2. The van der Waals surface area contributed by atoms with E-state index in [0.717, 1.165) is 0 Å². The number of phenolic OH excluding ortho intramolecular Hbond substituents is 2. The summed E-state index contributed by atoms with van der Waals surface area (Å²) in [5.74, 6) is -0.653. The Labute approximate surface area is 180 Å². The average molecular weight is 426 g/mol. The van der Waals surface area contributed by atoms with Crippen molar-refractivity contribution in [2.75, 3.05) is 0 Å². The third-order valence-electron chi connectivity index (χ3n) is 6.25. The highest BCUT2D eigenvalue weighted by Gasteiger charge is 2.54. The van der Waals surface area contributed by atoms with Gasteiger partial charge in [-0.15, -0.1) is 6.58 Å². The van der Waals surface area contributed by atoms with Crippen LogP contribution in [0, 0.1) is 0 Å². The molecule has 0 bridgehead atoms. The number of hydrogen-bond donors (Lipinski definition) is 3. The highest BCUT2D eigenvalue weighted by atomic mass is 16.6. The third kappa shape index (κ3) is 3.39. The SMILES string of the molecule is C=C[C@@]1([C@H](C)O)OCc2c(O)cccc2O[C@@H]2[C@H](C(C)=O)OCc3c(O)cccc3[C@@H]21. The smallest absolute Gasteiger partial charge is 0.162 e. The van der Waals surface area contributed by atoms with Gasteiger partial charge in [-0.1, -0.05) is 24.3 Å². The van der Waals surface area contributed by atoms with Gasteiger partial charge in [0, 0.05) is 5.56 Å². The molecule has 0 aromatic heterocycles. The average Bonchev–Trinajstić information content (AvgIpc) is 2.87. The molecule has 2 aliphatic heterocycles. The summed E-state index contributed by atoms with van der Waals surface area (Å²) < 4.78 is 18.6. The van der Waals surface area contributed by atoms with E-state index in [9.17, 15) is 20.1 Å². The zero-order valence-corrected chi connectivity index (χ0v) is 17.4. The second-order valence-corrected chi connectivity index (χ2v) is 8.02. The topological polar surface area (TPSA) is 105 Å². The minimum Gasteiger partial charge on any atom is -0.508 e. The fraction of sp³-hybridized carbons (Fsp3) is 0.375. The number of carbonyl (C=O) groups is 1. The van der Waals surface area contributed by atoms with Crippen LogP contribution < -0.4 is 4.74 Å². The van der Waals surface area contributed by atoms with E-state index in [0.29, 0.717) is 22.4 Å². The van der Waals surface area contributed by atoms with E-state index >= 15 is 0 Å². The molecule has 0 radical (unpaired) electrons. The molecule has 0 saturated carbocycles. The molecule has 4 rings (SSSR count). The van der Waals surface area contributed by atoms with Crippen LogP contribution in [0.1, 0.15) is 36.5 Å². The van der Waals surface area contributed by atoms with Gasteiger partial charge >= 0.3 is 0 Å². The van der Waals surface area contributed by atoms with Gasteiger partial charge in [-0.25, -0.2) is 0 Å². The molecule has 0 saturated heterocycles. The minimum absolute atomic E-state index is 0.0114. The number of aromatic hydroxyl groups is 2. The Bertz CT molecular complexity index is 1010. The first-order chi connectivity index (χ1) is 14.8. The number of Topliss-reactive ketones (excluding diaryl/α,β-unsaturated/α-hetero) is 1. The predicted molar refractivity (Wildman–Crippen MR) is 112 cm³/mol. The lowest BCUT2D eigenvalue weighted by molar-refractivity contribution is -0.158. The van der Waals surface area contributed by atoms with Crippen LogP contribution in [0.15, 0.2) is 49.1 Å². The van der Waals surface area contributed by atoms with Crippen molar-refractivity contribution in [3.63, 3.8) is 0 Å². The largest absolute Gasteiger partial charge is 0.508 e. The highest BCUT2D eigenvalue weighted by molar-refractivity contribution is 5.81. The van der Waals surface area contributed by atoms with Crippen LogP contribution in [0.3, 0.4) is 0 Å². The number of phenols is 2. The Morgan fingerprint density at radius 3 is 2.48 bits per heavy atom. The van der Waals surface area contributed by atoms with Crippen LogP contribution in [0.4, 0.5) is 0 Å². The van der Waals surface area contributed by atoms with Gasteiger partial charge in [0.25, 0.3) is 0 Å². The molecule has 2 heterocycles. The zero-order valence-electron chi connectivity index (χ0n) is 17.4. The summed E-state index contributed by atoms with van der Waals surface area (Å²) in [6.45, 7) is 6.84. The number of rotatable bonds is 3. The molecule has 0 amide bonds. The van der Waals surface area contributed by atoms with E-state index in [1.807, 2.05) is 0 Å². The molecule has 0 spiro atoms. The van der Waals surface area contributed by atoms with Gasteiger partial charge in [-0.2, -0.15) is 0 Å². The molecule has 7 nitrogen and oxygen atoms in total. The molecule has 164 valence electrons. The molecule has 2 aromatic rings. The van der Waals surface area contributed by atoms with Crippen LogP contribution >= 0.6 is 0 Å². The maximum Gasteiger partial charge on any atom is 0.162 e. The standard InChI is InChI=1S/C24H26O7/c1-4-24(14(3)26)21-15-7-5-8-18(27)16(15)11-29-22(13(2)25)23(21)31-20-10-6-9-19(28)17(20)12-30-24/h4-10,14,21-23,26-28H,1,11-12H2,2-3H3/t14-,21-,22-,23-,24-/m0/s1. The Balaban J connectivity index is 2.02. The van der Waals surface area contributed by atoms with E-state index in [4.69, 9.17) is 14.2 Å². The summed E-state index contributed by atoms with van der Waals surface area (Å²) in [6.07, 6.45) is -1.49. The molecule has 7 heteroatoms. The van der Waals surface area contributed by atoms with Crippen molar-refractivity contribution in [1.29, 1.82) is 0 Å². The molecule has 0 aliphatic carbocycles.